The van der Waals surface area contributed by atoms with Gasteiger partial charge in [-0.2, -0.15) is 5.10 Å². The van der Waals surface area contributed by atoms with Crippen molar-refractivity contribution in [2.45, 2.75) is 52.5 Å². The maximum Gasteiger partial charge on any atom is 0.233 e. The quantitative estimate of drug-likeness (QED) is 0.833. The van der Waals surface area contributed by atoms with Crippen molar-refractivity contribution in [1.29, 1.82) is 0 Å². The number of nitrogens with one attached hydrogen (secondary N) is 1. The molecule has 116 valence electrons. The lowest BCUT2D eigenvalue weighted by Crippen LogP contribution is -2.49. The van der Waals surface area contributed by atoms with Crippen LogP contribution in [0.25, 0.3) is 0 Å². The Balaban J connectivity index is 2.11. The standard InChI is InChI=1S/C15H24N4OS/c1-10-12(11(2)19(3)18-10)9-17-14(20)15(13(16)21)7-5-4-6-8-15/h4-9H2,1-3H3,(H2,16,21)(H,17,20). The summed E-state index contributed by atoms with van der Waals surface area (Å²) in [6.45, 7) is 4.44. The van der Waals surface area contributed by atoms with Gasteiger partial charge in [-0.3, -0.25) is 9.48 Å². The maximum absolute atomic E-state index is 12.7. The number of hydrogen-bond acceptors (Lipinski definition) is 3. The summed E-state index contributed by atoms with van der Waals surface area (Å²) >= 11 is 5.19. The number of thiocarbonyl (C=S) groups is 1. The smallest absolute Gasteiger partial charge is 0.233 e. The lowest BCUT2D eigenvalue weighted by molar-refractivity contribution is -0.129. The first-order valence-electron chi connectivity index (χ1n) is 7.46. The minimum Gasteiger partial charge on any atom is -0.392 e. The SMILES string of the molecule is Cc1nn(C)c(C)c1CNC(=O)C1(C(N)=S)CCCCC1. The van der Waals surface area contributed by atoms with Crippen LogP contribution >= 0.6 is 12.2 Å². The summed E-state index contributed by atoms with van der Waals surface area (Å²) in [7, 11) is 1.91. The second-order valence-corrected chi connectivity index (χ2v) is 6.40. The first-order valence-corrected chi connectivity index (χ1v) is 7.86. The van der Waals surface area contributed by atoms with Crippen molar-refractivity contribution < 1.29 is 4.79 Å². The molecule has 0 atom stereocenters. The molecule has 0 aliphatic heterocycles. The third-order valence-electron chi connectivity index (χ3n) is 4.70. The lowest BCUT2D eigenvalue weighted by Gasteiger charge is -2.34. The zero-order chi connectivity index (χ0) is 15.6. The third-order valence-corrected chi connectivity index (χ3v) is 5.09. The van der Waals surface area contributed by atoms with Crippen LogP contribution in [0.1, 0.15) is 49.1 Å². The summed E-state index contributed by atoms with van der Waals surface area (Å²) in [6.07, 6.45) is 4.70. The van der Waals surface area contributed by atoms with Crippen LogP contribution in [-0.2, 0) is 18.4 Å². The number of aromatic nitrogens is 2. The molecule has 2 rings (SSSR count). The van der Waals surface area contributed by atoms with E-state index in [0.29, 0.717) is 11.5 Å². The highest BCUT2D eigenvalue weighted by Gasteiger charge is 2.42. The first-order chi connectivity index (χ1) is 9.88. The molecule has 0 unspecified atom stereocenters. The second kappa shape index (κ2) is 6.13. The highest BCUT2D eigenvalue weighted by molar-refractivity contribution is 7.80. The molecule has 1 aliphatic rings. The van der Waals surface area contributed by atoms with Crippen molar-refractivity contribution in [2.24, 2.45) is 18.2 Å². The Morgan fingerprint density at radius 1 is 1.38 bits per heavy atom. The molecule has 21 heavy (non-hydrogen) atoms. The highest BCUT2D eigenvalue weighted by atomic mass is 32.1. The fourth-order valence-electron chi connectivity index (χ4n) is 3.15. The normalized spacial score (nSPS) is 17.5. The van der Waals surface area contributed by atoms with E-state index in [1.165, 1.54) is 0 Å². The first kappa shape index (κ1) is 15.9. The van der Waals surface area contributed by atoms with Crippen molar-refractivity contribution in [3.05, 3.63) is 17.0 Å². The fourth-order valence-corrected chi connectivity index (χ4v) is 3.45. The average molecular weight is 308 g/mol. The van der Waals surface area contributed by atoms with Crippen LogP contribution in [0.4, 0.5) is 0 Å². The van der Waals surface area contributed by atoms with E-state index < -0.39 is 5.41 Å². The van der Waals surface area contributed by atoms with E-state index in [1.54, 1.807) is 0 Å². The van der Waals surface area contributed by atoms with E-state index in [-0.39, 0.29) is 5.91 Å². The molecule has 0 saturated heterocycles. The second-order valence-electron chi connectivity index (χ2n) is 5.96. The molecule has 1 amide bonds. The monoisotopic (exact) mass is 308 g/mol. The van der Waals surface area contributed by atoms with Gasteiger partial charge in [-0.25, -0.2) is 0 Å². The molecule has 1 aromatic heterocycles. The molecule has 1 saturated carbocycles. The van der Waals surface area contributed by atoms with E-state index in [0.717, 1.165) is 49.1 Å². The van der Waals surface area contributed by atoms with Crippen molar-refractivity contribution in [2.75, 3.05) is 0 Å². The van der Waals surface area contributed by atoms with Crippen LogP contribution in [0.3, 0.4) is 0 Å². The molecule has 0 bridgehead atoms. The molecule has 1 aromatic rings. The van der Waals surface area contributed by atoms with Gasteiger partial charge < -0.3 is 11.1 Å². The Labute approximate surface area is 131 Å². The van der Waals surface area contributed by atoms with E-state index in [4.69, 9.17) is 18.0 Å². The number of carbonyl (C=O) groups is 1. The summed E-state index contributed by atoms with van der Waals surface area (Å²) in [5.41, 5.74) is 8.32. The van der Waals surface area contributed by atoms with Crippen molar-refractivity contribution >= 4 is 23.1 Å². The van der Waals surface area contributed by atoms with Crippen LogP contribution in [-0.4, -0.2) is 20.7 Å². The molecule has 0 radical (unpaired) electrons. The highest BCUT2D eigenvalue weighted by Crippen LogP contribution is 2.37. The van der Waals surface area contributed by atoms with Crippen LogP contribution in [0, 0.1) is 19.3 Å². The Bertz CT molecular complexity index is 558. The summed E-state index contributed by atoms with van der Waals surface area (Å²) in [5, 5.41) is 7.39. The van der Waals surface area contributed by atoms with Gasteiger partial charge in [0.15, 0.2) is 0 Å². The molecular weight excluding hydrogens is 284 g/mol. The van der Waals surface area contributed by atoms with E-state index in [2.05, 4.69) is 10.4 Å². The topological polar surface area (TPSA) is 72.9 Å². The molecule has 0 aromatic carbocycles. The summed E-state index contributed by atoms with van der Waals surface area (Å²) in [4.78, 5) is 13.0. The van der Waals surface area contributed by atoms with Crippen molar-refractivity contribution in [3.63, 3.8) is 0 Å². The lowest BCUT2D eigenvalue weighted by atomic mass is 9.73. The zero-order valence-electron chi connectivity index (χ0n) is 13.0. The Morgan fingerprint density at radius 2 is 2.00 bits per heavy atom. The summed E-state index contributed by atoms with van der Waals surface area (Å²) in [6, 6.07) is 0. The van der Waals surface area contributed by atoms with Gasteiger partial charge in [-0.05, 0) is 26.7 Å². The number of hydrogen-bond donors (Lipinski definition) is 2. The summed E-state index contributed by atoms with van der Waals surface area (Å²) < 4.78 is 1.83. The number of rotatable bonds is 4. The number of aryl methyl sites for hydroxylation is 2. The predicted molar refractivity (Wildman–Crippen MR) is 86.8 cm³/mol. The van der Waals surface area contributed by atoms with Crippen LogP contribution < -0.4 is 11.1 Å². The molecule has 1 heterocycles. The van der Waals surface area contributed by atoms with Gasteiger partial charge in [0.1, 0.15) is 0 Å². The third kappa shape index (κ3) is 2.95. The number of amides is 1. The van der Waals surface area contributed by atoms with Crippen molar-refractivity contribution in [1.82, 2.24) is 15.1 Å². The number of carbonyl (C=O) groups excluding carboxylic acids is 1. The predicted octanol–water partition coefficient (Wildman–Crippen LogP) is 1.89. The van der Waals surface area contributed by atoms with Gasteiger partial charge in [0, 0.05) is 24.8 Å². The van der Waals surface area contributed by atoms with Gasteiger partial charge >= 0.3 is 0 Å². The van der Waals surface area contributed by atoms with Crippen LogP contribution in [0.2, 0.25) is 0 Å². The number of nitrogens with zero attached hydrogens (tertiary/aromatic N) is 2. The molecule has 5 nitrogen and oxygen atoms in total. The van der Waals surface area contributed by atoms with Gasteiger partial charge in [0.2, 0.25) is 5.91 Å². The van der Waals surface area contributed by atoms with Gasteiger partial charge in [0.05, 0.1) is 16.1 Å². The molecule has 0 spiro atoms. The number of nitrogens with two attached hydrogens (primary N) is 1. The molecule has 1 fully saturated rings. The van der Waals surface area contributed by atoms with E-state index in [1.807, 2.05) is 25.6 Å². The van der Waals surface area contributed by atoms with E-state index >= 15 is 0 Å². The Hall–Kier alpha value is -1.43. The minimum atomic E-state index is -0.655. The van der Waals surface area contributed by atoms with Crippen molar-refractivity contribution in [3.8, 4) is 0 Å². The Kier molecular flexibility index (Phi) is 4.66. The molecule has 6 heteroatoms. The van der Waals surface area contributed by atoms with Gasteiger partial charge in [-0.1, -0.05) is 31.5 Å². The Morgan fingerprint density at radius 3 is 2.48 bits per heavy atom. The largest absolute Gasteiger partial charge is 0.392 e. The maximum atomic E-state index is 12.7. The van der Waals surface area contributed by atoms with Crippen LogP contribution in [0.15, 0.2) is 0 Å². The fraction of sp³-hybridized carbons (Fsp3) is 0.667. The average Bonchev–Trinajstić information content (AvgIpc) is 2.70. The zero-order valence-corrected chi connectivity index (χ0v) is 13.8. The van der Waals surface area contributed by atoms with Crippen LogP contribution in [0.5, 0.6) is 0 Å². The molecule has 3 N–H and O–H groups in total. The van der Waals surface area contributed by atoms with Gasteiger partial charge in [-0.15, -0.1) is 0 Å². The van der Waals surface area contributed by atoms with Gasteiger partial charge in [0.25, 0.3) is 0 Å². The summed E-state index contributed by atoms with van der Waals surface area (Å²) in [5.74, 6) is -0.0302. The molecule has 1 aliphatic carbocycles. The molecular formula is C15H24N4OS. The van der Waals surface area contributed by atoms with E-state index in [9.17, 15) is 4.79 Å². The minimum absolute atomic E-state index is 0.0302.